The lowest BCUT2D eigenvalue weighted by Gasteiger charge is -2.01. The molecule has 2 aromatic rings. The molecule has 22 heavy (non-hydrogen) atoms. The lowest BCUT2D eigenvalue weighted by molar-refractivity contribution is 0.0942. The summed E-state index contributed by atoms with van der Waals surface area (Å²) in [6, 6.07) is 8.64. The molecule has 1 aromatic carbocycles. The number of ether oxygens (including phenoxy) is 1. The molecule has 0 unspecified atom stereocenters. The van der Waals surface area contributed by atoms with Crippen molar-refractivity contribution in [2.75, 3.05) is 25.6 Å². The van der Waals surface area contributed by atoms with Gasteiger partial charge in [0.15, 0.2) is 5.69 Å². The predicted molar refractivity (Wildman–Crippen MR) is 79.7 cm³/mol. The van der Waals surface area contributed by atoms with Crippen molar-refractivity contribution < 1.29 is 18.7 Å². The molecule has 2 rings (SSSR count). The Morgan fingerprint density at radius 2 is 2.00 bits per heavy atom. The fraction of sp³-hybridized carbons (Fsp3) is 0.267. The third-order valence-corrected chi connectivity index (χ3v) is 2.80. The van der Waals surface area contributed by atoms with Crippen LogP contribution in [0.15, 0.2) is 41.0 Å². The van der Waals surface area contributed by atoms with Crippen molar-refractivity contribution in [3.05, 3.63) is 47.9 Å². The Morgan fingerprint density at radius 1 is 1.23 bits per heavy atom. The summed E-state index contributed by atoms with van der Waals surface area (Å²) in [5, 5.41) is 5.17. The summed E-state index contributed by atoms with van der Waals surface area (Å²) in [6.07, 6.45) is 1.91. The number of hydrogen-bond donors (Lipinski definition) is 2. The van der Waals surface area contributed by atoms with Gasteiger partial charge in [-0.25, -0.2) is 0 Å². The van der Waals surface area contributed by atoms with Crippen LogP contribution in [0.4, 0.5) is 6.01 Å². The molecular weight excluding hydrogens is 286 g/mol. The van der Waals surface area contributed by atoms with Gasteiger partial charge in [-0.2, -0.15) is 4.98 Å². The van der Waals surface area contributed by atoms with E-state index in [1.165, 1.54) is 6.26 Å². The Balaban J connectivity index is 1.88. The van der Waals surface area contributed by atoms with E-state index >= 15 is 0 Å². The van der Waals surface area contributed by atoms with Crippen LogP contribution in [-0.2, 0) is 4.74 Å². The minimum absolute atomic E-state index is 0.0177. The van der Waals surface area contributed by atoms with Crippen LogP contribution in [0.2, 0.25) is 0 Å². The molecule has 116 valence electrons. The normalized spacial score (nSPS) is 10.2. The van der Waals surface area contributed by atoms with E-state index in [1.54, 1.807) is 31.4 Å². The zero-order valence-electron chi connectivity index (χ0n) is 12.2. The van der Waals surface area contributed by atoms with Crippen LogP contribution in [0.1, 0.15) is 27.3 Å². The quantitative estimate of drug-likeness (QED) is 0.759. The third-order valence-electron chi connectivity index (χ3n) is 2.80. The second kappa shape index (κ2) is 7.94. The summed E-state index contributed by atoms with van der Waals surface area (Å²) >= 11 is 0. The zero-order chi connectivity index (χ0) is 15.8. The molecular formula is C15H17N3O4. The van der Waals surface area contributed by atoms with Crippen molar-refractivity contribution in [3.8, 4) is 0 Å². The van der Waals surface area contributed by atoms with Gasteiger partial charge < -0.3 is 14.5 Å². The van der Waals surface area contributed by atoms with Crippen LogP contribution in [0.3, 0.4) is 0 Å². The van der Waals surface area contributed by atoms with E-state index in [0.717, 1.165) is 0 Å². The van der Waals surface area contributed by atoms with Crippen molar-refractivity contribution in [3.63, 3.8) is 0 Å². The summed E-state index contributed by atoms with van der Waals surface area (Å²) in [4.78, 5) is 27.6. The molecule has 7 nitrogen and oxygen atoms in total. The van der Waals surface area contributed by atoms with E-state index in [9.17, 15) is 9.59 Å². The molecule has 0 fully saturated rings. The van der Waals surface area contributed by atoms with Gasteiger partial charge in [-0.15, -0.1) is 0 Å². The molecule has 0 saturated carbocycles. The number of aromatic nitrogens is 1. The topological polar surface area (TPSA) is 93.5 Å². The van der Waals surface area contributed by atoms with E-state index in [0.29, 0.717) is 25.1 Å². The highest BCUT2D eigenvalue weighted by Crippen LogP contribution is 2.09. The SMILES string of the molecule is COCCCNC(=O)c1coc(NC(=O)c2ccccc2)n1. The van der Waals surface area contributed by atoms with Crippen LogP contribution in [0, 0.1) is 0 Å². The molecule has 0 aliphatic carbocycles. The van der Waals surface area contributed by atoms with Gasteiger partial charge in [-0.1, -0.05) is 18.2 Å². The summed E-state index contributed by atoms with van der Waals surface area (Å²) in [5.74, 6) is -0.713. The maximum Gasteiger partial charge on any atom is 0.302 e. The molecule has 1 aromatic heterocycles. The average Bonchev–Trinajstić information content (AvgIpc) is 3.01. The predicted octanol–water partition coefficient (Wildman–Crippen LogP) is 1.69. The lowest BCUT2D eigenvalue weighted by Crippen LogP contribution is -2.25. The van der Waals surface area contributed by atoms with Crippen molar-refractivity contribution >= 4 is 17.8 Å². The smallest absolute Gasteiger partial charge is 0.302 e. The zero-order valence-corrected chi connectivity index (χ0v) is 12.2. The summed E-state index contributed by atoms with van der Waals surface area (Å²) in [5.41, 5.74) is 0.590. The maximum atomic E-state index is 11.9. The van der Waals surface area contributed by atoms with Crippen molar-refractivity contribution in [1.82, 2.24) is 10.3 Å². The van der Waals surface area contributed by atoms with E-state index in [2.05, 4.69) is 15.6 Å². The molecule has 7 heteroatoms. The van der Waals surface area contributed by atoms with Crippen molar-refractivity contribution in [2.24, 2.45) is 0 Å². The van der Waals surface area contributed by atoms with Gasteiger partial charge in [-0.05, 0) is 18.6 Å². The van der Waals surface area contributed by atoms with Gasteiger partial charge >= 0.3 is 6.01 Å². The Labute approximate surface area is 127 Å². The monoisotopic (exact) mass is 303 g/mol. The number of amides is 2. The number of carbonyl (C=O) groups excluding carboxylic acids is 2. The first-order valence-electron chi connectivity index (χ1n) is 6.80. The van der Waals surface area contributed by atoms with Gasteiger partial charge in [0, 0.05) is 25.8 Å². The Bertz CT molecular complexity index is 625. The molecule has 0 saturated heterocycles. The van der Waals surface area contributed by atoms with Gasteiger partial charge in [0.1, 0.15) is 6.26 Å². The molecule has 2 amide bonds. The maximum absolute atomic E-state index is 11.9. The molecule has 1 heterocycles. The van der Waals surface area contributed by atoms with E-state index in [1.807, 2.05) is 6.07 Å². The van der Waals surface area contributed by atoms with Crippen LogP contribution in [0.25, 0.3) is 0 Å². The Kier molecular flexibility index (Phi) is 5.67. The number of nitrogens with zero attached hydrogens (tertiary/aromatic N) is 1. The minimum atomic E-state index is -0.361. The second-order valence-corrected chi connectivity index (χ2v) is 4.46. The second-order valence-electron chi connectivity index (χ2n) is 4.46. The fourth-order valence-corrected chi connectivity index (χ4v) is 1.70. The summed E-state index contributed by atoms with van der Waals surface area (Å²) in [6.45, 7) is 1.04. The molecule has 0 bridgehead atoms. The number of benzene rings is 1. The molecule has 0 aliphatic rings. The van der Waals surface area contributed by atoms with Gasteiger partial charge in [0.2, 0.25) is 0 Å². The van der Waals surface area contributed by atoms with E-state index in [-0.39, 0.29) is 23.5 Å². The van der Waals surface area contributed by atoms with Crippen molar-refractivity contribution in [1.29, 1.82) is 0 Å². The molecule has 0 spiro atoms. The number of nitrogens with one attached hydrogen (secondary N) is 2. The standard InChI is InChI=1S/C15H17N3O4/c1-21-9-5-8-16-14(20)12-10-22-15(17-12)18-13(19)11-6-3-2-4-7-11/h2-4,6-7,10H,5,8-9H2,1H3,(H,16,20)(H,17,18,19). The van der Waals surface area contributed by atoms with Crippen LogP contribution in [-0.4, -0.2) is 37.1 Å². The minimum Gasteiger partial charge on any atom is -0.431 e. The van der Waals surface area contributed by atoms with E-state index in [4.69, 9.17) is 9.15 Å². The summed E-state index contributed by atoms with van der Waals surface area (Å²) < 4.78 is 9.96. The highest BCUT2D eigenvalue weighted by atomic mass is 16.5. The number of carbonyl (C=O) groups is 2. The van der Waals surface area contributed by atoms with Crippen LogP contribution in [0.5, 0.6) is 0 Å². The number of hydrogen-bond acceptors (Lipinski definition) is 5. The largest absolute Gasteiger partial charge is 0.431 e. The summed E-state index contributed by atoms with van der Waals surface area (Å²) in [7, 11) is 1.60. The average molecular weight is 303 g/mol. The number of oxazole rings is 1. The highest BCUT2D eigenvalue weighted by Gasteiger charge is 2.14. The molecule has 0 aliphatic heterocycles. The first-order chi connectivity index (χ1) is 10.7. The lowest BCUT2D eigenvalue weighted by atomic mass is 10.2. The fourth-order valence-electron chi connectivity index (χ4n) is 1.70. The van der Waals surface area contributed by atoms with E-state index < -0.39 is 0 Å². The number of methoxy groups -OCH3 is 1. The van der Waals surface area contributed by atoms with Crippen LogP contribution < -0.4 is 10.6 Å². The first kappa shape index (κ1) is 15.7. The van der Waals surface area contributed by atoms with Crippen molar-refractivity contribution in [2.45, 2.75) is 6.42 Å². The number of anilines is 1. The third kappa shape index (κ3) is 4.42. The Morgan fingerprint density at radius 3 is 2.73 bits per heavy atom. The van der Waals surface area contributed by atoms with Gasteiger partial charge in [0.05, 0.1) is 0 Å². The van der Waals surface area contributed by atoms with Gasteiger partial charge in [0.25, 0.3) is 11.8 Å². The molecule has 2 N–H and O–H groups in total. The molecule has 0 atom stereocenters. The molecule has 0 radical (unpaired) electrons. The highest BCUT2D eigenvalue weighted by molar-refractivity contribution is 6.03. The first-order valence-corrected chi connectivity index (χ1v) is 6.80. The Hall–Kier alpha value is -2.67. The number of rotatable bonds is 7. The van der Waals surface area contributed by atoms with Crippen LogP contribution >= 0.6 is 0 Å². The van der Waals surface area contributed by atoms with Gasteiger partial charge in [-0.3, -0.25) is 14.9 Å².